The van der Waals surface area contributed by atoms with Crippen molar-refractivity contribution in [1.29, 1.82) is 0 Å². The summed E-state index contributed by atoms with van der Waals surface area (Å²) in [6.45, 7) is 6.70. The highest BCUT2D eigenvalue weighted by molar-refractivity contribution is 6.39. The summed E-state index contributed by atoms with van der Waals surface area (Å²) in [5.74, 6) is 0.410. The summed E-state index contributed by atoms with van der Waals surface area (Å²) in [6.07, 6.45) is 5.81. The van der Waals surface area contributed by atoms with Gasteiger partial charge in [-0.25, -0.2) is 4.79 Å². The summed E-state index contributed by atoms with van der Waals surface area (Å²) in [6, 6.07) is 8.66. The Balaban J connectivity index is 1.07. The minimum atomic E-state index is -4.57. The van der Waals surface area contributed by atoms with Crippen molar-refractivity contribution in [3.05, 3.63) is 57.6 Å². The smallest absolute Gasteiger partial charge is 0.431 e. The molecule has 0 N–H and O–H groups in total. The first-order valence-corrected chi connectivity index (χ1v) is 21.2. The fourth-order valence-corrected chi connectivity index (χ4v) is 11.2. The lowest BCUT2D eigenvalue weighted by molar-refractivity contribution is -0.390. The Kier molecular flexibility index (Phi) is 11.3. The lowest BCUT2D eigenvalue weighted by atomic mass is 9.53. The number of alkyl halides is 3. The molecular weight excluding hydrogens is 754 g/mol. The minimum Gasteiger partial charge on any atom is -0.431 e. The zero-order valence-electron chi connectivity index (χ0n) is 31.7. The summed E-state index contributed by atoms with van der Waals surface area (Å²) in [5.41, 5.74) is -0.234. The molecule has 0 radical (unpaired) electrons. The lowest BCUT2D eigenvalue weighted by Gasteiger charge is -2.57. The fourth-order valence-electron chi connectivity index (χ4n) is 10.6. The highest BCUT2D eigenvalue weighted by Gasteiger charge is 2.67. The first kappa shape index (κ1) is 39.5. The van der Waals surface area contributed by atoms with Crippen LogP contribution in [0.1, 0.15) is 121 Å². The number of hydrogen-bond donors (Lipinski definition) is 0. The van der Waals surface area contributed by atoms with Crippen molar-refractivity contribution in [2.45, 2.75) is 134 Å². The van der Waals surface area contributed by atoms with Gasteiger partial charge in [-0.3, -0.25) is 0 Å². The van der Waals surface area contributed by atoms with Crippen molar-refractivity contribution in [3.8, 4) is 0 Å². The summed E-state index contributed by atoms with van der Waals surface area (Å²) in [4.78, 5) is 28.6. The van der Waals surface area contributed by atoms with E-state index in [9.17, 15) is 18.0 Å². The molecule has 3 aromatic rings. The molecule has 0 amide bonds. The number of halogens is 5. The number of benzene rings is 3. The number of fused-ring (bicyclic) bond motifs is 3. The third-order valence-electron chi connectivity index (χ3n) is 13.1. The minimum absolute atomic E-state index is 0.292. The van der Waals surface area contributed by atoms with Crippen LogP contribution in [-0.4, -0.2) is 48.4 Å². The van der Waals surface area contributed by atoms with E-state index >= 15 is 0 Å². The molecule has 1 saturated heterocycles. The molecule has 9 rings (SSSR count). The van der Waals surface area contributed by atoms with Crippen molar-refractivity contribution in [2.24, 2.45) is 23.7 Å². The van der Waals surface area contributed by atoms with Gasteiger partial charge in [0.25, 0.3) is 0 Å². The van der Waals surface area contributed by atoms with Crippen molar-refractivity contribution in [2.75, 3.05) is 19.6 Å². The molecule has 0 aromatic heterocycles. The topological polar surface area (TPSA) is 66.5 Å². The Morgan fingerprint density at radius 3 is 2.25 bits per heavy atom. The van der Waals surface area contributed by atoms with E-state index in [-0.39, 0.29) is 0 Å². The largest absolute Gasteiger partial charge is 0.509 e. The maximum Gasteiger partial charge on any atom is 0.509 e. The van der Waals surface area contributed by atoms with Crippen LogP contribution in [0.5, 0.6) is 0 Å². The molecule has 4 bridgehead atoms. The molecule has 5 aliphatic carbocycles. The third kappa shape index (κ3) is 7.94. The second-order valence-corrected chi connectivity index (χ2v) is 17.8. The first-order valence-electron chi connectivity index (χ1n) is 20.5. The van der Waals surface area contributed by atoms with E-state index in [1.807, 2.05) is 6.07 Å². The summed E-state index contributed by atoms with van der Waals surface area (Å²) >= 11 is 13.1. The molecule has 7 nitrogen and oxygen atoms in total. The molecule has 300 valence electrons. The number of nitrogens with zero attached hydrogens (tertiary/aromatic N) is 1. The number of rotatable bonds is 12. The van der Waals surface area contributed by atoms with E-state index in [0.29, 0.717) is 81.2 Å². The second kappa shape index (κ2) is 15.8. The van der Waals surface area contributed by atoms with Gasteiger partial charge in [-0.1, -0.05) is 56.0 Å². The molecule has 2 spiro atoms. The highest BCUT2D eigenvalue weighted by atomic mass is 35.5. The van der Waals surface area contributed by atoms with Crippen LogP contribution in [0.3, 0.4) is 0 Å². The normalized spacial score (nSPS) is 30.7. The number of unbranched alkanes of at least 4 members (excludes halogenated alkanes) is 2. The average Bonchev–Trinajstić information content (AvgIpc) is 3.50. The SMILES string of the molecule is CCCCN(CCCC)CCC(OC(=O)OC1CCCC2(C1)OOC1(O2)C2CC3CC(C2)CC1C3)c1cc2c(Cl)cc(Cl)cc2c2cc(C(F)(F)F)ccc12. The monoisotopic (exact) mass is 805 g/mol. The molecule has 5 saturated carbocycles. The first-order chi connectivity index (χ1) is 26.4. The van der Waals surface area contributed by atoms with Crippen LogP contribution in [0.15, 0.2) is 36.4 Å². The highest BCUT2D eigenvalue weighted by Crippen LogP contribution is 2.64. The van der Waals surface area contributed by atoms with Gasteiger partial charge in [0.05, 0.1) is 5.56 Å². The van der Waals surface area contributed by atoms with Crippen molar-refractivity contribution >= 4 is 50.9 Å². The van der Waals surface area contributed by atoms with Gasteiger partial charge < -0.3 is 19.1 Å². The van der Waals surface area contributed by atoms with Crippen molar-refractivity contribution in [3.63, 3.8) is 0 Å². The molecule has 3 aromatic carbocycles. The molecule has 1 aliphatic heterocycles. The second-order valence-electron chi connectivity index (χ2n) is 16.9. The standard InChI is InChI=1S/C43H52Cl2F3NO6/c1-3-5-13-49(14-6-4-2)15-11-39(37-24-36-35(22-31(44)23-38(36)45)34-21-28(43(46,47)48)9-10-33(34)37)52-40(50)51-32-8-7-12-41(25-32)53-42(55-54-41)29-17-26-16-27(19-29)20-30(42)18-26/h9-10,21-24,26-27,29-30,32,39H,3-8,11-20,25H2,1-2H3. The van der Waals surface area contributed by atoms with Gasteiger partial charge in [0, 0.05) is 58.6 Å². The van der Waals surface area contributed by atoms with Gasteiger partial charge in [-0.2, -0.15) is 22.9 Å². The van der Waals surface area contributed by atoms with E-state index in [2.05, 4.69) is 18.7 Å². The Labute approximate surface area is 331 Å². The average molecular weight is 807 g/mol. The summed E-state index contributed by atoms with van der Waals surface area (Å²) in [5, 5.41) is 2.45. The Morgan fingerprint density at radius 1 is 0.891 bits per heavy atom. The lowest BCUT2D eigenvalue weighted by Crippen LogP contribution is -2.59. The molecule has 6 fully saturated rings. The summed E-state index contributed by atoms with van der Waals surface area (Å²) < 4.78 is 61.4. The van der Waals surface area contributed by atoms with Crippen LogP contribution in [0.4, 0.5) is 18.0 Å². The Hall–Kier alpha value is -2.34. The van der Waals surface area contributed by atoms with Gasteiger partial charge in [-0.15, -0.1) is 0 Å². The molecule has 6 aliphatic rings. The predicted octanol–water partition coefficient (Wildman–Crippen LogP) is 12.6. The van der Waals surface area contributed by atoms with Gasteiger partial charge in [0.15, 0.2) is 0 Å². The maximum atomic E-state index is 14.1. The van der Waals surface area contributed by atoms with Crippen molar-refractivity contribution in [1.82, 2.24) is 4.90 Å². The molecule has 12 heteroatoms. The van der Waals surface area contributed by atoms with Crippen LogP contribution in [0.25, 0.3) is 21.5 Å². The molecule has 1 heterocycles. The van der Waals surface area contributed by atoms with Gasteiger partial charge in [-0.05, 0) is 129 Å². The number of carbonyl (C=O) groups is 1. The molecule has 55 heavy (non-hydrogen) atoms. The number of carbonyl (C=O) groups excluding carboxylic acids is 1. The van der Waals surface area contributed by atoms with Gasteiger partial charge in [0.1, 0.15) is 12.2 Å². The zero-order valence-corrected chi connectivity index (χ0v) is 33.2. The van der Waals surface area contributed by atoms with Crippen LogP contribution in [-0.2, 0) is 30.2 Å². The third-order valence-corrected chi connectivity index (χ3v) is 13.7. The van der Waals surface area contributed by atoms with Gasteiger partial charge in [0.2, 0.25) is 11.6 Å². The Morgan fingerprint density at radius 2 is 1.58 bits per heavy atom. The molecule has 3 atom stereocenters. The predicted molar refractivity (Wildman–Crippen MR) is 206 cm³/mol. The van der Waals surface area contributed by atoms with E-state index in [1.165, 1.54) is 12.5 Å². The van der Waals surface area contributed by atoms with E-state index in [1.54, 1.807) is 12.1 Å². The van der Waals surface area contributed by atoms with E-state index < -0.39 is 41.7 Å². The number of hydrogen-bond acceptors (Lipinski definition) is 7. The van der Waals surface area contributed by atoms with Gasteiger partial charge >= 0.3 is 12.3 Å². The molecule has 3 unspecified atom stereocenters. The van der Waals surface area contributed by atoms with Crippen LogP contribution < -0.4 is 0 Å². The number of ether oxygens (including phenoxy) is 3. The zero-order chi connectivity index (χ0) is 38.5. The van der Waals surface area contributed by atoms with Crippen molar-refractivity contribution < 1.29 is 42.0 Å². The Bertz CT molecular complexity index is 1850. The van der Waals surface area contributed by atoms with Crippen LogP contribution >= 0.6 is 23.2 Å². The van der Waals surface area contributed by atoms with E-state index in [0.717, 1.165) is 94.8 Å². The quantitative estimate of drug-likeness (QED) is 0.103. The fraction of sp³-hybridized carbons (Fsp3) is 0.651. The van der Waals surface area contributed by atoms with E-state index in [4.69, 9.17) is 47.2 Å². The summed E-state index contributed by atoms with van der Waals surface area (Å²) in [7, 11) is 0. The van der Waals surface area contributed by atoms with Crippen LogP contribution in [0.2, 0.25) is 10.0 Å². The van der Waals surface area contributed by atoms with Crippen LogP contribution in [0, 0.1) is 23.7 Å². The maximum absolute atomic E-state index is 14.1. The molecular formula is C43H52Cl2F3NO6.